The molecule has 3 nitrogen and oxygen atoms in total. The van der Waals surface area contributed by atoms with Crippen molar-refractivity contribution in [3.63, 3.8) is 0 Å². The first-order valence-electron chi connectivity index (χ1n) is 7.31. The summed E-state index contributed by atoms with van der Waals surface area (Å²) in [6.07, 6.45) is 3.54. The molecule has 0 spiro atoms. The predicted molar refractivity (Wildman–Crippen MR) is 81.4 cm³/mol. The average molecular weight is 264 g/mol. The second kappa shape index (κ2) is 8.94. The largest absolute Gasteiger partial charge is 0.496 e. The Balaban J connectivity index is 2.56. The second-order valence-corrected chi connectivity index (χ2v) is 5.04. The fraction of sp³-hybridized carbons (Fsp3) is 0.625. The molecule has 0 fully saturated rings. The van der Waals surface area contributed by atoms with Gasteiger partial charge in [0.2, 0.25) is 0 Å². The Kier molecular flexibility index (Phi) is 7.53. The van der Waals surface area contributed by atoms with Crippen LogP contribution in [-0.4, -0.2) is 31.1 Å². The van der Waals surface area contributed by atoms with Crippen LogP contribution < -0.4 is 10.5 Å². The third kappa shape index (κ3) is 5.62. The van der Waals surface area contributed by atoms with Crippen LogP contribution in [-0.2, 0) is 6.54 Å². The molecule has 0 heterocycles. The lowest BCUT2D eigenvalue weighted by Gasteiger charge is -2.25. The molecule has 108 valence electrons. The van der Waals surface area contributed by atoms with E-state index in [4.69, 9.17) is 10.5 Å². The van der Waals surface area contributed by atoms with Gasteiger partial charge in [0.1, 0.15) is 5.75 Å². The molecule has 0 saturated heterocycles. The Morgan fingerprint density at radius 1 is 1.26 bits per heavy atom. The molecular weight excluding hydrogens is 236 g/mol. The molecule has 1 atom stereocenters. The van der Waals surface area contributed by atoms with Crippen molar-refractivity contribution in [2.75, 3.05) is 20.2 Å². The number of para-hydroxylation sites is 1. The van der Waals surface area contributed by atoms with Crippen molar-refractivity contribution < 1.29 is 4.74 Å². The molecule has 0 amide bonds. The van der Waals surface area contributed by atoms with Gasteiger partial charge in [0.15, 0.2) is 0 Å². The SMILES string of the molecule is CCCCC(N)CN(CC)Cc1ccccc1OC. The molecular formula is C16H28N2O. The topological polar surface area (TPSA) is 38.5 Å². The predicted octanol–water partition coefficient (Wildman–Crippen LogP) is 3.03. The van der Waals surface area contributed by atoms with E-state index in [-0.39, 0.29) is 6.04 Å². The van der Waals surface area contributed by atoms with E-state index in [1.807, 2.05) is 12.1 Å². The number of nitrogens with zero attached hydrogens (tertiary/aromatic N) is 1. The molecule has 1 unspecified atom stereocenters. The second-order valence-electron chi connectivity index (χ2n) is 5.04. The van der Waals surface area contributed by atoms with Crippen LogP contribution in [0.15, 0.2) is 24.3 Å². The number of rotatable bonds is 9. The molecule has 0 aliphatic rings. The first-order chi connectivity index (χ1) is 9.21. The van der Waals surface area contributed by atoms with Gasteiger partial charge in [-0.25, -0.2) is 0 Å². The van der Waals surface area contributed by atoms with Crippen molar-refractivity contribution >= 4 is 0 Å². The third-order valence-corrected chi connectivity index (χ3v) is 3.45. The monoisotopic (exact) mass is 264 g/mol. The van der Waals surface area contributed by atoms with Gasteiger partial charge >= 0.3 is 0 Å². The van der Waals surface area contributed by atoms with Gasteiger partial charge in [-0.2, -0.15) is 0 Å². The van der Waals surface area contributed by atoms with Gasteiger partial charge in [-0.05, 0) is 19.0 Å². The minimum absolute atomic E-state index is 0.273. The Bertz CT molecular complexity index is 354. The summed E-state index contributed by atoms with van der Waals surface area (Å²) in [7, 11) is 1.72. The number of nitrogens with two attached hydrogens (primary N) is 1. The Morgan fingerprint density at radius 2 is 2.00 bits per heavy atom. The Morgan fingerprint density at radius 3 is 2.63 bits per heavy atom. The Labute approximate surface area is 117 Å². The zero-order valence-electron chi connectivity index (χ0n) is 12.6. The lowest BCUT2D eigenvalue weighted by molar-refractivity contribution is 0.251. The summed E-state index contributed by atoms with van der Waals surface area (Å²) < 4.78 is 5.40. The molecule has 19 heavy (non-hydrogen) atoms. The minimum atomic E-state index is 0.273. The zero-order chi connectivity index (χ0) is 14.1. The highest BCUT2D eigenvalue weighted by Crippen LogP contribution is 2.19. The maximum atomic E-state index is 6.19. The number of likely N-dealkylation sites (N-methyl/N-ethyl adjacent to an activating group) is 1. The van der Waals surface area contributed by atoms with Gasteiger partial charge in [-0.3, -0.25) is 4.90 Å². The van der Waals surface area contributed by atoms with Gasteiger partial charge in [0.05, 0.1) is 7.11 Å². The van der Waals surface area contributed by atoms with Crippen molar-refractivity contribution in [3.05, 3.63) is 29.8 Å². The molecule has 0 saturated carbocycles. The highest BCUT2D eigenvalue weighted by atomic mass is 16.5. The number of ether oxygens (including phenoxy) is 1. The van der Waals surface area contributed by atoms with Crippen LogP contribution in [0.4, 0.5) is 0 Å². The lowest BCUT2D eigenvalue weighted by Crippen LogP contribution is -2.37. The fourth-order valence-electron chi connectivity index (χ4n) is 2.27. The van der Waals surface area contributed by atoms with Crippen LogP contribution in [0.5, 0.6) is 5.75 Å². The van der Waals surface area contributed by atoms with E-state index >= 15 is 0 Å². The summed E-state index contributed by atoms with van der Waals surface area (Å²) in [5.74, 6) is 0.961. The number of hydrogen-bond acceptors (Lipinski definition) is 3. The summed E-state index contributed by atoms with van der Waals surface area (Å²) in [5, 5.41) is 0. The fourth-order valence-corrected chi connectivity index (χ4v) is 2.27. The first kappa shape index (κ1) is 16.0. The van der Waals surface area contributed by atoms with Crippen molar-refractivity contribution in [2.45, 2.75) is 45.7 Å². The number of hydrogen-bond donors (Lipinski definition) is 1. The molecule has 1 aromatic carbocycles. The van der Waals surface area contributed by atoms with E-state index in [1.165, 1.54) is 18.4 Å². The van der Waals surface area contributed by atoms with E-state index in [0.29, 0.717) is 0 Å². The molecule has 0 aliphatic heterocycles. The van der Waals surface area contributed by atoms with E-state index in [9.17, 15) is 0 Å². The van der Waals surface area contributed by atoms with Gasteiger partial charge in [0, 0.05) is 24.7 Å². The van der Waals surface area contributed by atoms with Crippen molar-refractivity contribution in [1.29, 1.82) is 0 Å². The number of benzene rings is 1. The third-order valence-electron chi connectivity index (χ3n) is 3.45. The van der Waals surface area contributed by atoms with E-state index < -0.39 is 0 Å². The normalized spacial score (nSPS) is 12.7. The van der Waals surface area contributed by atoms with Crippen molar-refractivity contribution in [2.24, 2.45) is 5.73 Å². The maximum Gasteiger partial charge on any atom is 0.123 e. The Hall–Kier alpha value is -1.06. The molecule has 2 N–H and O–H groups in total. The van der Waals surface area contributed by atoms with Crippen LogP contribution in [0.1, 0.15) is 38.7 Å². The molecule has 0 aliphatic carbocycles. The molecule has 3 heteroatoms. The molecule has 1 rings (SSSR count). The quantitative estimate of drug-likeness (QED) is 0.745. The van der Waals surface area contributed by atoms with Crippen LogP contribution in [0.2, 0.25) is 0 Å². The summed E-state index contributed by atoms with van der Waals surface area (Å²) in [5.41, 5.74) is 7.42. The lowest BCUT2D eigenvalue weighted by atomic mass is 10.1. The minimum Gasteiger partial charge on any atom is -0.496 e. The zero-order valence-corrected chi connectivity index (χ0v) is 12.6. The number of unbranched alkanes of at least 4 members (excludes halogenated alkanes) is 1. The van der Waals surface area contributed by atoms with Crippen LogP contribution in [0.3, 0.4) is 0 Å². The highest BCUT2D eigenvalue weighted by Gasteiger charge is 2.11. The maximum absolute atomic E-state index is 6.19. The van der Waals surface area contributed by atoms with Crippen LogP contribution >= 0.6 is 0 Å². The van der Waals surface area contributed by atoms with Gasteiger partial charge < -0.3 is 10.5 Å². The molecule has 0 aromatic heterocycles. The summed E-state index contributed by atoms with van der Waals surface area (Å²) in [6.45, 7) is 7.26. The van der Waals surface area contributed by atoms with Gasteiger partial charge in [0.25, 0.3) is 0 Å². The smallest absolute Gasteiger partial charge is 0.123 e. The van der Waals surface area contributed by atoms with Gasteiger partial charge in [-0.15, -0.1) is 0 Å². The highest BCUT2D eigenvalue weighted by molar-refractivity contribution is 5.33. The van der Waals surface area contributed by atoms with Crippen LogP contribution in [0, 0.1) is 0 Å². The van der Waals surface area contributed by atoms with Crippen LogP contribution in [0.25, 0.3) is 0 Å². The summed E-state index contributed by atoms with van der Waals surface area (Å²) in [4.78, 5) is 2.39. The van der Waals surface area contributed by atoms with Crippen molar-refractivity contribution in [3.8, 4) is 5.75 Å². The van der Waals surface area contributed by atoms with E-state index in [2.05, 4.69) is 30.9 Å². The van der Waals surface area contributed by atoms with E-state index in [0.717, 1.165) is 31.8 Å². The van der Waals surface area contributed by atoms with Crippen molar-refractivity contribution in [1.82, 2.24) is 4.90 Å². The number of methoxy groups -OCH3 is 1. The standard InChI is InChI=1S/C16H28N2O/c1-4-6-10-15(17)13-18(5-2)12-14-9-7-8-11-16(14)19-3/h7-9,11,15H,4-6,10,12-13,17H2,1-3H3. The summed E-state index contributed by atoms with van der Waals surface area (Å²) in [6, 6.07) is 8.47. The molecule has 1 aromatic rings. The average Bonchev–Trinajstić information content (AvgIpc) is 2.44. The summed E-state index contributed by atoms with van der Waals surface area (Å²) >= 11 is 0. The van der Waals surface area contributed by atoms with E-state index in [1.54, 1.807) is 7.11 Å². The van der Waals surface area contributed by atoms with Gasteiger partial charge in [-0.1, -0.05) is 44.9 Å². The first-order valence-corrected chi connectivity index (χ1v) is 7.31. The molecule has 0 bridgehead atoms. The molecule has 0 radical (unpaired) electrons.